The third-order valence-electron chi connectivity index (χ3n) is 3.96. The van der Waals surface area contributed by atoms with Gasteiger partial charge in [-0.1, -0.05) is 12.1 Å². The summed E-state index contributed by atoms with van der Waals surface area (Å²) in [6.45, 7) is 1.09. The van der Waals surface area contributed by atoms with Gasteiger partial charge in [0.2, 0.25) is 0 Å². The van der Waals surface area contributed by atoms with Crippen LogP contribution in [0.3, 0.4) is 0 Å². The van der Waals surface area contributed by atoms with Crippen LogP contribution in [0.25, 0.3) is 0 Å². The van der Waals surface area contributed by atoms with E-state index in [1.165, 1.54) is 18.4 Å². The number of hydrogen-bond donors (Lipinski definition) is 1. The molecule has 0 aliphatic carbocycles. The van der Waals surface area contributed by atoms with E-state index in [1.54, 1.807) is 18.2 Å². The molecule has 2 heterocycles. The summed E-state index contributed by atoms with van der Waals surface area (Å²) in [6, 6.07) is 7.85. The Hall–Kier alpha value is -1.66. The summed E-state index contributed by atoms with van der Waals surface area (Å²) in [6.07, 6.45) is 2.73. The molecule has 116 valence electrons. The van der Waals surface area contributed by atoms with Crippen LogP contribution in [0, 0.1) is 5.82 Å². The van der Waals surface area contributed by atoms with Gasteiger partial charge in [0.1, 0.15) is 5.82 Å². The predicted octanol–water partition coefficient (Wildman–Crippen LogP) is 3.62. The van der Waals surface area contributed by atoms with Gasteiger partial charge in [-0.3, -0.25) is 4.79 Å². The van der Waals surface area contributed by atoms with E-state index in [-0.39, 0.29) is 11.7 Å². The summed E-state index contributed by atoms with van der Waals surface area (Å²) in [5.41, 5.74) is 0.762. The van der Waals surface area contributed by atoms with Gasteiger partial charge in [-0.25, -0.2) is 4.39 Å². The fourth-order valence-corrected chi connectivity index (χ4v) is 3.14. The lowest BCUT2D eigenvalue weighted by Crippen LogP contribution is -2.49. The van der Waals surface area contributed by atoms with Crippen LogP contribution < -0.4 is 5.32 Å². The first-order chi connectivity index (χ1) is 10.6. The quantitative estimate of drug-likeness (QED) is 0.901. The van der Waals surface area contributed by atoms with Crippen molar-refractivity contribution in [2.75, 3.05) is 13.2 Å². The Labute approximate surface area is 135 Å². The van der Waals surface area contributed by atoms with Gasteiger partial charge in [-0.15, -0.1) is 0 Å². The standard InChI is InChI=1S/C16H15BrFNO3/c17-14-13(5-8-22-14)15(20)19-16(6-9-21-10-7-16)11-1-3-12(18)4-2-11/h1-5,8H,6-7,9-10H2,(H,19,20). The van der Waals surface area contributed by atoms with Crippen molar-refractivity contribution in [3.05, 3.63) is 58.2 Å². The Kier molecular flexibility index (Phi) is 4.31. The van der Waals surface area contributed by atoms with Crippen LogP contribution in [-0.4, -0.2) is 19.1 Å². The zero-order valence-corrected chi connectivity index (χ0v) is 13.4. The fraction of sp³-hybridized carbons (Fsp3) is 0.312. The van der Waals surface area contributed by atoms with Gasteiger partial charge in [0, 0.05) is 13.2 Å². The summed E-state index contributed by atoms with van der Waals surface area (Å²) in [4.78, 5) is 12.5. The maximum absolute atomic E-state index is 13.2. The second-order valence-electron chi connectivity index (χ2n) is 5.26. The van der Waals surface area contributed by atoms with Crippen molar-refractivity contribution in [2.45, 2.75) is 18.4 Å². The van der Waals surface area contributed by atoms with Gasteiger partial charge in [-0.05, 0) is 52.5 Å². The number of carbonyl (C=O) groups excluding carboxylic acids is 1. The number of amides is 1. The lowest BCUT2D eigenvalue weighted by atomic mass is 9.82. The fourth-order valence-electron chi connectivity index (χ4n) is 2.72. The maximum Gasteiger partial charge on any atom is 0.256 e. The van der Waals surface area contributed by atoms with Crippen LogP contribution in [-0.2, 0) is 10.3 Å². The van der Waals surface area contributed by atoms with Gasteiger partial charge in [-0.2, -0.15) is 0 Å². The van der Waals surface area contributed by atoms with E-state index >= 15 is 0 Å². The van der Waals surface area contributed by atoms with E-state index in [0.717, 1.165) is 5.56 Å². The number of ether oxygens (including phenoxy) is 1. The molecule has 2 aromatic rings. The number of rotatable bonds is 3. The number of halogens is 2. The highest BCUT2D eigenvalue weighted by atomic mass is 79.9. The second-order valence-corrected chi connectivity index (χ2v) is 5.98. The predicted molar refractivity (Wildman–Crippen MR) is 82.0 cm³/mol. The molecule has 0 bridgehead atoms. The van der Waals surface area contributed by atoms with Crippen LogP contribution in [0.2, 0.25) is 0 Å². The van der Waals surface area contributed by atoms with Gasteiger partial charge in [0.25, 0.3) is 5.91 Å². The van der Waals surface area contributed by atoms with Crippen molar-refractivity contribution in [2.24, 2.45) is 0 Å². The summed E-state index contributed by atoms with van der Waals surface area (Å²) < 4.78 is 24.1. The molecule has 1 fully saturated rings. The monoisotopic (exact) mass is 367 g/mol. The van der Waals surface area contributed by atoms with E-state index in [2.05, 4.69) is 21.2 Å². The first-order valence-corrected chi connectivity index (χ1v) is 7.79. The molecule has 1 amide bonds. The first kappa shape index (κ1) is 15.2. The molecular weight excluding hydrogens is 353 g/mol. The third kappa shape index (κ3) is 2.94. The Bertz CT molecular complexity index is 662. The molecule has 0 radical (unpaired) electrons. The van der Waals surface area contributed by atoms with Crippen LogP contribution in [0.5, 0.6) is 0 Å². The number of hydrogen-bond acceptors (Lipinski definition) is 3. The SMILES string of the molecule is O=C(NC1(c2ccc(F)cc2)CCOCC1)c1ccoc1Br. The van der Waals surface area contributed by atoms with E-state index < -0.39 is 5.54 Å². The Morgan fingerprint density at radius 2 is 1.86 bits per heavy atom. The lowest BCUT2D eigenvalue weighted by molar-refractivity contribution is 0.0345. The lowest BCUT2D eigenvalue weighted by Gasteiger charge is -2.38. The van der Waals surface area contributed by atoms with Gasteiger partial charge in [0.05, 0.1) is 17.4 Å². The van der Waals surface area contributed by atoms with E-state index in [1.807, 2.05) is 0 Å². The summed E-state index contributed by atoms with van der Waals surface area (Å²) in [7, 11) is 0. The van der Waals surface area contributed by atoms with Crippen LogP contribution >= 0.6 is 15.9 Å². The highest BCUT2D eigenvalue weighted by Gasteiger charge is 2.36. The number of benzene rings is 1. The molecule has 22 heavy (non-hydrogen) atoms. The van der Waals surface area contributed by atoms with Crippen molar-refractivity contribution >= 4 is 21.8 Å². The number of furan rings is 1. The molecule has 1 aromatic heterocycles. The molecule has 1 saturated heterocycles. The van der Waals surface area contributed by atoms with Crippen LogP contribution in [0.15, 0.2) is 45.7 Å². The van der Waals surface area contributed by atoms with Crippen molar-refractivity contribution < 1.29 is 18.3 Å². The molecule has 1 aromatic carbocycles. The Balaban J connectivity index is 1.91. The highest BCUT2D eigenvalue weighted by molar-refractivity contribution is 9.10. The molecule has 3 rings (SSSR count). The van der Waals surface area contributed by atoms with Crippen molar-refractivity contribution in [1.29, 1.82) is 0 Å². The molecule has 0 saturated carbocycles. The van der Waals surface area contributed by atoms with Gasteiger partial charge in [0.15, 0.2) is 4.67 Å². The minimum absolute atomic E-state index is 0.230. The minimum Gasteiger partial charge on any atom is -0.457 e. The summed E-state index contributed by atoms with van der Waals surface area (Å²) >= 11 is 3.21. The zero-order valence-electron chi connectivity index (χ0n) is 11.8. The highest BCUT2D eigenvalue weighted by Crippen LogP contribution is 2.33. The molecule has 1 aliphatic heterocycles. The summed E-state index contributed by atoms with van der Waals surface area (Å²) in [5, 5.41) is 3.08. The van der Waals surface area contributed by atoms with Crippen LogP contribution in [0.4, 0.5) is 4.39 Å². The zero-order chi connectivity index (χ0) is 15.6. The molecule has 0 atom stereocenters. The van der Waals surface area contributed by atoms with Crippen molar-refractivity contribution in [3.63, 3.8) is 0 Å². The summed E-state index contributed by atoms with van der Waals surface area (Å²) in [5.74, 6) is -0.526. The molecule has 4 nitrogen and oxygen atoms in total. The first-order valence-electron chi connectivity index (χ1n) is 7.00. The topological polar surface area (TPSA) is 51.5 Å². The molecular formula is C16H15BrFNO3. The van der Waals surface area contributed by atoms with Crippen molar-refractivity contribution in [1.82, 2.24) is 5.32 Å². The van der Waals surface area contributed by atoms with Crippen molar-refractivity contribution in [3.8, 4) is 0 Å². The Morgan fingerprint density at radius 1 is 1.18 bits per heavy atom. The Morgan fingerprint density at radius 3 is 2.45 bits per heavy atom. The maximum atomic E-state index is 13.2. The third-order valence-corrected chi connectivity index (χ3v) is 4.57. The second kappa shape index (κ2) is 6.22. The average Bonchev–Trinajstić information content (AvgIpc) is 2.95. The average molecular weight is 368 g/mol. The molecule has 0 unspecified atom stereocenters. The molecule has 0 spiro atoms. The minimum atomic E-state index is -0.556. The molecule has 6 heteroatoms. The smallest absolute Gasteiger partial charge is 0.256 e. The number of carbonyl (C=O) groups is 1. The van der Waals surface area contributed by atoms with Crippen LogP contribution in [0.1, 0.15) is 28.8 Å². The van der Waals surface area contributed by atoms with E-state index in [4.69, 9.17) is 9.15 Å². The normalized spacial score (nSPS) is 17.2. The van der Waals surface area contributed by atoms with E-state index in [0.29, 0.717) is 36.3 Å². The van der Waals surface area contributed by atoms with Gasteiger partial charge >= 0.3 is 0 Å². The molecule has 1 aliphatic rings. The van der Waals surface area contributed by atoms with E-state index in [9.17, 15) is 9.18 Å². The molecule has 1 N–H and O–H groups in total. The number of nitrogens with one attached hydrogen (secondary N) is 1. The van der Waals surface area contributed by atoms with Gasteiger partial charge < -0.3 is 14.5 Å². The largest absolute Gasteiger partial charge is 0.457 e.